The largest absolute Gasteiger partial charge is 0.242 e. The van der Waals surface area contributed by atoms with Gasteiger partial charge in [-0.05, 0) is 82.3 Å². The molecule has 1 unspecified atom stereocenters. The van der Waals surface area contributed by atoms with Gasteiger partial charge < -0.3 is 0 Å². The first-order valence-corrected chi connectivity index (χ1v) is 16.4. The summed E-state index contributed by atoms with van der Waals surface area (Å²) in [5, 5.41) is 1.69. The van der Waals surface area contributed by atoms with Crippen LogP contribution in [0.4, 0.5) is 0 Å². The summed E-state index contributed by atoms with van der Waals surface area (Å²) in [4.78, 5) is 0. The minimum atomic E-state index is -1.21. The average molecular weight is 542 g/mol. The highest BCUT2D eigenvalue weighted by molar-refractivity contribution is 7.84. The molecule has 0 amide bonds. The van der Waals surface area contributed by atoms with Gasteiger partial charge in [-0.25, -0.2) is 8.93 Å². The lowest BCUT2D eigenvalue weighted by atomic mass is 9.63. The van der Waals surface area contributed by atoms with Crippen LogP contribution in [0.25, 0.3) is 0 Å². The van der Waals surface area contributed by atoms with E-state index in [0.717, 1.165) is 0 Å². The second-order valence-corrected chi connectivity index (χ2v) is 21.1. The maximum atomic E-state index is 13.6. The van der Waals surface area contributed by atoms with Crippen LogP contribution in [0.2, 0.25) is 0 Å². The third kappa shape index (κ3) is 6.59. The van der Waals surface area contributed by atoms with Gasteiger partial charge in [0.1, 0.15) is 0 Å². The van der Waals surface area contributed by atoms with Crippen LogP contribution in [-0.4, -0.2) is 19.3 Å². The first kappa shape index (κ1) is 30.5. The summed E-state index contributed by atoms with van der Waals surface area (Å²) in [5.41, 5.74) is 5.68. The number of fused-ring (bicyclic) bond motifs is 1. The van der Waals surface area contributed by atoms with E-state index in [1.807, 2.05) is 0 Å². The standard InChI is InChI=1S/C33H52NOPS/c1-29(2,3)36(30(4,5)6)27-17-15-14-16-24(27)28(34-37(35)31(7,8)9)23-18-19-25-26(22-23)33(12,13)21-20-32(25,10)11/h14-19,22,28,34H,20-21H2,1-13H3/t28-,37?/m1/s1. The van der Waals surface area contributed by atoms with Crippen LogP contribution >= 0.6 is 7.92 Å². The Labute approximate surface area is 232 Å². The van der Waals surface area contributed by atoms with Gasteiger partial charge in [0.2, 0.25) is 0 Å². The number of hydrogen-bond acceptors (Lipinski definition) is 1. The van der Waals surface area contributed by atoms with Crippen molar-refractivity contribution in [3.05, 3.63) is 64.7 Å². The van der Waals surface area contributed by atoms with E-state index in [1.54, 1.807) is 0 Å². The van der Waals surface area contributed by atoms with Gasteiger partial charge in [0.05, 0.1) is 21.8 Å². The fourth-order valence-electron chi connectivity index (χ4n) is 6.04. The SMILES string of the molecule is CC1(C)CCC(C)(C)c2cc([C@@H](NS(=O)C(C)(C)C)c3ccccc3P(C(C)(C)C)C(C)(C)C)ccc21. The third-order valence-electron chi connectivity index (χ3n) is 7.82. The van der Waals surface area contributed by atoms with E-state index < -0.39 is 18.9 Å². The Morgan fingerprint density at radius 1 is 0.784 bits per heavy atom. The van der Waals surface area contributed by atoms with Crippen molar-refractivity contribution in [2.75, 3.05) is 0 Å². The van der Waals surface area contributed by atoms with Crippen molar-refractivity contribution >= 4 is 24.2 Å². The van der Waals surface area contributed by atoms with Crippen LogP contribution in [-0.2, 0) is 21.8 Å². The fourth-order valence-corrected chi connectivity index (χ4v) is 11.0. The Morgan fingerprint density at radius 3 is 1.81 bits per heavy atom. The molecular formula is C33H52NOPS. The van der Waals surface area contributed by atoms with Crippen LogP contribution in [0.1, 0.15) is 131 Å². The van der Waals surface area contributed by atoms with Gasteiger partial charge in [0, 0.05) is 0 Å². The number of hydrogen-bond donors (Lipinski definition) is 1. The fraction of sp³-hybridized carbons (Fsp3) is 0.636. The Morgan fingerprint density at radius 2 is 1.30 bits per heavy atom. The topological polar surface area (TPSA) is 29.1 Å². The third-order valence-corrected chi connectivity index (χ3v) is 13.0. The predicted octanol–water partition coefficient (Wildman–Crippen LogP) is 8.88. The minimum Gasteiger partial charge on any atom is -0.242 e. The van der Waals surface area contributed by atoms with Crippen molar-refractivity contribution in [1.82, 2.24) is 4.72 Å². The van der Waals surface area contributed by atoms with E-state index in [1.165, 1.54) is 40.4 Å². The van der Waals surface area contributed by atoms with Gasteiger partial charge in [0.15, 0.2) is 0 Å². The van der Waals surface area contributed by atoms with Crippen LogP contribution in [0, 0.1) is 0 Å². The molecule has 0 spiro atoms. The normalized spacial score (nSPS) is 19.4. The molecule has 1 aliphatic carbocycles. The molecule has 0 aromatic heterocycles. The van der Waals surface area contributed by atoms with E-state index in [4.69, 9.17) is 0 Å². The molecule has 2 aromatic carbocycles. The highest BCUT2D eigenvalue weighted by Gasteiger charge is 2.40. The van der Waals surface area contributed by atoms with Crippen molar-refractivity contribution in [3.63, 3.8) is 0 Å². The van der Waals surface area contributed by atoms with Gasteiger partial charge in [-0.3, -0.25) is 0 Å². The molecule has 0 fully saturated rings. The summed E-state index contributed by atoms with van der Waals surface area (Å²) in [6, 6.07) is 15.9. The van der Waals surface area contributed by atoms with Crippen molar-refractivity contribution in [2.45, 2.75) is 135 Å². The van der Waals surface area contributed by atoms with Crippen LogP contribution in [0.5, 0.6) is 0 Å². The number of benzene rings is 2. The van der Waals surface area contributed by atoms with Gasteiger partial charge >= 0.3 is 0 Å². The summed E-state index contributed by atoms with van der Waals surface area (Å²) >= 11 is 0. The molecule has 4 heteroatoms. The van der Waals surface area contributed by atoms with E-state index in [0.29, 0.717) is 0 Å². The van der Waals surface area contributed by atoms with Gasteiger partial charge in [0.25, 0.3) is 0 Å². The molecule has 1 N–H and O–H groups in total. The van der Waals surface area contributed by atoms with Gasteiger partial charge in [-0.2, -0.15) is 0 Å². The lowest BCUT2D eigenvalue weighted by Gasteiger charge is -2.44. The van der Waals surface area contributed by atoms with Crippen molar-refractivity contribution < 1.29 is 4.21 Å². The Kier molecular flexibility index (Phi) is 8.40. The monoisotopic (exact) mass is 541 g/mol. The van der Waals surface area contributed by atoms with Crippen molar-refractivity contribution in [3.8, 4) is 0 Å². The molecule has 2 atom stereocenters. The first-order valence-electron chi connectivity index (χ1n) is 13.9. The Hall–Kier alpha value is -1.02. The molecule has 206 valence electrons. The number of rotatable bonds is 5. The maximum Gasteiger partial charge on any atom is 0.0979 e. The van der Waals surface area contributed by atoms with Crippen LogP contribution in [0.3, 0.4) is 0 Å². The van der Waals surface area contributed by atoms with E-state index in [2.05, 4.69) is 137 Å². The smallest absolute Gasteiger partial charge is 0.0979 e. The quantitative estimate of drug-likeness (QED) is 0.376. The summed E-state index contributed by atoms with van der Waals surface area (Å²) in [6.07, 6.45) is 2.38. The molecule has 2 nitrogen and oxygen atoms in total. The summed E-state index contributed by atoms with van der Waals surface area (Å²) in [6.45, 7) is 29.9. The van der Waals surface area contributed by atoms with E-state index >= 15 is 0 Å². The highest BCUT2D eigenvalue weighted by Crippen LogP contribution is 2.59. The van der Waals surface area contributed by atoms with Gasteiger partial charge in [-0.1, -0.05) is 120 Å². The van der Waals surface area contributed by atoms with Crippen molar-refractivity contribution in [1.29, 1.82) is 0 Å². The van der Waals surface area contributed by atoms with Crippen molar-refractivity contribution in [2.24, 2.45) is 0 Å². The molecule has 0 saturated carbocycles. The summed E-state index contributed by atoms with van der Waals surface area (Å²) < 4.78 is 16.9. The zero-order chi connectivity index (χ0) is 28.2. The zero-order valence-corrected chi connectivity index (χ0v) is 27.5. The molecule has 0 radical (unpaired) electrons. The number of nitrogens with one attached hydrogen (secondary N) is 1. The maximum absolute atomic E-state index is 13.6. The second kappa shape index (κ2) is 10.2. The molecule has 0 bridgehead atoms. The summed E-state index contributed by atoms with van der Waals surface area (Å²) in [7, 11) is -1.73. The molecule has 3 rings (SSSR count). The predicted molar refractivity (Wildman–Crippen MR) is 167 cm³/mol. The molecule has 1 aliphatic rings. The molecule has 2 aromatic rings. The molecule has 0 aliphatic heterocycles. The first-order chi connectivity index (χ1) is 16.7. The summed E-state index contributed by atoms with van der Waals surface area (Å²) in [5.74, 6) is 0. The van der Waals surface area contributed by atoms with Crippen LogP contribution in [0.15, 0.2) is 42.5 Å². The second-order valence-electron chi connectivity index (χ2n) is 15.2. The van der Waals surface area contributed by atoms with Crippen LogP contribution < -0.4 is 10.0 Å². The van der Waals surface area contributed by atoms with Gasteiger partial charge in [-0.15, -0.1) is 0 Å². The molecule has 37 heavy (non-hydrogen) atoms. The lowest BCUT2D eigenvalue weighted by Crippen LogP contribution is -2.40. The minimum absolute atomic E-state index is 0.123. The Balaban J connectivity index is 2.29. The Bertz CT molecular complexity index is 1130. The lowest BCUT2D eigenvalue weighted by molar-refractivity contribution is 0.331. The average Bonchev–Trinajstić information content (AvgIpc) is 2.73. The molecule has 0 saturated heterocycles. The molecule has 0 heterocycles. The molecular weight excluding hydrogens is 489 g/mol. The van der Waals surface area contributed by atoms with E-state index in [-0.39, 0.29) is 31.9 Å². The van der Waals surface area contributed by atoms with E-state index in [9.17, 15) is 4.21 Å². The highest BCUT2D eigenvalue weighted by atomic mass is 32.2. The zero-order valence-electron chi connectivity index (χ0n) is 25.8.